The van der Waals surface area contributed by atoms with Crippen molar-refractivity contribution in [3.05, 3.63) is 66.2 Å². The number of fused-ring (bicyclic) bond motifs is 3. The smallest absolute Gasteiger partial charge is 0.407 e. The molecule has 11 heteroatoms. The number of para-hydroxylation sites is 1. The van der Waals surface area contributed by atoms with Crippen molar-refractivity contribution >= 4 is 23.3 Å². The van der Waals surface area contributed by atoms with Crippen molar-refractivity contribution in [3.8, 4) is 28.3 Å². The number of methoxy groups -OCH3 is 1. The maximum absolute atomic E-state index is 15.0. The molecule has 0 saturated carbocycles. The molecule has 4 heterocycles. The van der Waals surface area contributed by atoms with E-state index in [-0.39, 0.29) is 11.3 Å². The highest BCUT2D eigenvalue weighted by atomic mass is 19.1. The van der Waals surface area contributed by atoms with Gasteiger partial charge in [-0.2, -0.15) is 4.98 Å². The lowest BCUT2D eigenvalue weighted by atomic mass is 10.0. The Morgan fingerprint density at radius 2 is 1.89 bits per heavy atom. The number of anilines is 2. The van der Waals surface area contributed by atoms with E-state index in [1.807, 2.05) is 35.2 Å². The van der Waals surface area contributed by atoms with Gasteiger partial charge in [-0.3, -0.25) is 0 Å². The monoisotopic (exact) mass is 515 g/mol. The fourth-order valence-electron chi connectivity index (χ4n) is 5.03. The van der Waals surface area contributed by atoms with E-state index in [2.05, 4.69) is 24.8 Å². The molecule has 0 aliphatic carbocycles. The summed E-state index contributed by atoms with van der Waals surface area (Å²) in [5.41, 5.74) is 3.80. The minimum Gasteiger partial charge on any atom is -0.496 e. The molecule has 0 unspecified atom stereocenters. The van der Waals surface area contributed by atoms with Crippen molar-refractivity contribution < 1.29 is 19.0 Å². The van der Waals surface area contributed by atoms with E-state index in [1.165, 1.54) is 11.0 Å². The lowest BCUT2D eigenvalue weighted by Crippen LogP contribution is -2.48. The van der Waals surface area contributed by atoms with Crippen LogP contribution in [0, 0.1) is 5.82 Å². The highest BCUT2D eigenvalue weighted by Gasteiger charge is 2.24. The maximum atomic E-state index is 15.0. The average molecular weight is 516 g/mol. The quantitative estimate of drug-likeness (QED) is 0.427. The van der Waals surface area contributed by atoms with Gasteiger partial charge in [0.05, 0.1) is 7.11 Å². The zero-order valence-electron chi connectivity index (χ0n) is 20.8. The summed E-state index contributed by atoms with van der Waals surface area (Å²) in [6, 6.07) is 14.7. The van der Waals surface area contributed by atoms with Crippen LogP contribution in [-0.2, 0) is 6.54 Å². The second kappa shape index (κ2) is 9.66. The van der Waals surface area contributed by atoms with Gasteiger partial charge in [-0.1, -0.05) is 18.2 Å². The molecular formula is C27H26FN7O3. The number of carboxylic acid groups (broad SMARTS) is 1. The first-order valence-electron chi connectivity index (χ1n) is 12.4. The predicted molar refractivity (Wildman–Crippen MR) is 141 cm³/mol. The van der Waals surface area contributed by atoms with Crippen LogP contribution in [0.25, 0.3) is 22.5 Å². The van der Waals surface area contributed by atoms with Gasteiger partial charge < -0.3 is 29.5 Å². The lowest BCUT2D eigenvalue weighted by molar-refractivity contribution is 0.142. The van der Waals surface area contributed by atoms with Crippen LogP contribution in [0.15, 0.2) is 59.7 Å². The first-order chi connectivity index (χ1) is 18.5. The van der Waals surface area contributed by atoms with E-state index in [1.54, 1.807) is 25.4 Å². The summed E-state index contributed by atoms with van der Waals surface area (Å²) in [6.45, 7) is 3.25. The minimum atomic E-state index is -0.934. The normalized spacial score (nSPS) is 15.5. The second-order valence-electron chi connectivity index (χ2n) is 9.14. The molecule has 1 amide bonds. The SMILES string of the molecule is COc1ccccc1-c1cc2cnc(=Nc3ccc(N4CCN(C(=O)O)CC4)cc3F)nc-2n2c1NCC2. The molecule has 0 radical (unpaired) electrons. The van der Waals surface area contributed by atoms with Crippen molar-refractivity contribution in [1.82, 2.24) is 19.4 Å². The Kier molecular flexibility index (Phi) is 6.02. The number of halogens is 1. The van der Waals surface area contributed by atoms with Gasteiger partial charge in [-0.15, -0.1) is 0 Å². The molecule has 0 aromatic heterocycles. The van der Waals surface area contributed by atoms with E-state index >= 15 is 4.39 Å². The summed E-state index contributed by atoms with van der Waals surface area (Å²) in [5.74, 6) is 1.94. The number of amides is 1. The van der Waals surface area contributed by atoms with E-state index in [9.17, 15) is 4.79 Å². The van der Waals surface area contributed by atoms with Crippen LogP contribution in [0.1, 0.15) is 0 Å². The van der Waals surface area contributed by atoms with Crippen molar-refractivity contribution in [2.24, 2.45) is 4.99 Å². The Balaban J connectivity index is 1.34. The molecule has 38 heavy (non-hydrogen) atoms. The summed E-state index contributed by atoms with van der Waals surface area (Å²) >= 11 is 0. The standard InChI is InChI=1S/C27H26FN7O3/c1-38-23-5-3-2-4-19(23)20-14-17-16-30-26(32-24(17)35-9-8-29-25(20)35)31-22-7-6-18(15-21(22)28)33-10-12-34(13-11-33)27(36)37/h2-7,14-16,29H,8-13H2,1H3,(H,36,37). The fourth-order valence-corrected chi connectivity index (χ4v) is 5.03. The summed E-state index contributed by atoms with van der Waals surface area (Å²) in [7, 11) is 1.66. The van der Waals surface area contributed by atoms with E-state index in [0.717, 1.165) is 41.3 Å². The zero-order chi connectivity index (χ0) is 26.2. The van der Waals surface area contributed by atoms with Gasteiger partial charge in [0.1, 0.15) is 23.1 Å². The first-order valence-corrected chi connectivity index (χ1v) is 12.4. The van der Waals surface area contributed by atoms with Gasteiger partial charge in [0, 0.05) is 67.8 Å². The van der Waals surface area contributed by atoms with Crippen molar-refractivity contribution in [2.45, 2.75) is 6.54 Å². The number of pyridine rings is 1. The van der Waals surface area contributed by atoms with E-state index in [4.69, 9.17) is 9.84 Å². The Labute approximate surface area is 218 Å². The molecule has 2 N–H and O–H groups in total. The van der Waals surface area contributed by atoms with Crippen LogP contribution in [0.3, 0.4) is 0 Å². The number of benzene rings is 2. The molecule has 4 aliphatic rings. The minimum absolute atomic E-state index is 0.141. The third-order valence-corrected chi connectivity index (χ3v) is 6.96. The Morgan fingerprint density at radius 1 is 1.08 bits per heavy atom. The largest absolute Gasteiger partial charge is 0.496 e. The molecule has 194 valence electrons. The van der Waals surface area contributed by atoms with Crippen molar-refractivity contribution in [1.29, 1.82) is 0 Å². The van der Waals surface area contributed by atoms with Gasteiger partial charge in [-0.05, 0) is 30.3 Å². The lowest BCUT2D eigenvalue weighted by Gasteiger charge is -2.34. The molecule has 0 spiro atoms. The number of carbonyl (C=O) groups is 1. The van der Waals surface area contributed by atoms with Crippen LogP contribution < -0.4 is 20.6 Å². The molecule has 10 nitrogen and oxygen atoms in total. The van der Waals surface area contributed by atoms with Crippen LogP contribution in [0.5, 0.6) is 5.75 Å². The fraction of sp³-hybridized carbons (Fsp3) is 0.259. The summed E-state index contributed by atoms with van der Waals surface area (Å²) in [5, 5.41) is 12.6. The summed E-state index contributed by atoms with van der Waals surface area (Å²) in [4.78, 5) is 27.9. The second-order valence-corrected chi connectivity index (χ2v) is 9.14. The summed E-state index contributed by atoms with van der Waals surface area (Å²) < 4.78 is 22.7. The van der Waals surface area contributed by atoms with Crippen molar-refractivity contribution in [3.63, 3.8) is 0 Å². The van der Waals surface area contributed by atoms with Gasteiger partial charge in [0.25, 0.3) is 5.62 Å². The third kappa shape index (κ3) is 4.25. The average Bonchev–Trinajstić information content (AvgIpc) is 3.44. The molecule has 0 atom stereocenters. The first kappa shape index (κ1) is 23.7. The highest BCUT2D eigenvalue weighted by molar-refractivity contribution is 5.85. The number of aromatic nitrogens is 3. The van der Waals surface area contributed by atoms with Crippen LogP contribution in [0.2, 0.25) is 0 Å². The number of nitrogens with one attached hydrogen (secondary N) is 1. The van der Waals surface area contributed by atoms with Crippen LogP contribution >= 0.6 is 0 Å². The molecule has 1 fully saturated rings. The topological polar surface area (TPSA) is 108 Å². The van der Waals surface area contributed by atoms with Gasteiger partial charge in [0.2, 0.25) is 0 Å². The predicted octanol–water partition coefficient (Wildman–Crippen LogP) is 3.66. The van der Waals surface area contributed by atoms with Gasteiger partial charge >= 0.3 is 6.09 Å². The molecule has 4 aliphatic heterocycles. The summed E-state index contributed by atoms with van der Waals surface area (Å²) in [6.07, 6.45) is 0.774. The van der Waals surface area contributed by atoms with E-state index < -0.39 is 11.9 Å². The number of rotatable bonds is 4. The van der Waals surface area contributed by atoms with Gasteiger partial charge in [-0.25, -0.2) is 19.2 Å². The number of nitrogens with zero attached hydrogens (tertiary/aromatic N) is 6. The third-order valence-electron chi connectivity index (χ3n) is 6.96. The Hall–Kier alpha value is -4.67. The molecular weight excluding hydrogens is 489 g/mol. The maximum Gasteiger partial charge on any atom is 0.407 e. The van der Waals surface area contributed by atoms with Crippen LogP contribution in [-0.4, -0.2) is 70.5 Å². The number of hydrogen-bond donors (Lipinski definition) is 2. The number of piperazine rings is 1. The molecule has 0 bridgehead atoms. The molecule has 2 aromatic rings. The highest BCUT2D eigenvalue weighted by Crippen LogP contribution is 2.40. The number of hydrogen-bond acceptors (Lipinski definition) is 7. The Bertz CT molecular complexity index is 1560. The zero-order valence-corrected chi connectivity index (χ0v) is 20.8. The number of ether oxygens (including phenoxy) is 1. The Morgan fingerprint density at radius 3 is 2.66 bits per heavy atom. The van der Waals surface area contributed by atoms with Crippen molar-refractivity contribution in [2.75, 3.05) is 50.1 Å². The van der Waals surface area contributed by atoms with Crippen LogP contribution in [0.4, 0.5) is 26.4 Å². The molecule has 6 rings (SSSR count). The molecule has 2 aromatic carbocycles. The van der Waals surface area contributed by atoms with E-state index in [0.29, 0.717) is 37.7 Å². The van der Waals surface area contributed by atoms with Gasteiger partial charge in [0.15, 0.2) is 5.82 Å². The molecule has 1 saturated heterocycles.